The van der Waals surface area contributed by atoms with Crippen LogP contribution in [0.3, 0.4) is 0 Å². The number of aromatic nitrogens is 4. The molecule has 0 aliphatic carbocycles. The van der Waals surface area contributed by atoms with E-state index in [1.165, 1.54) is 13.1 Å². The molecule has 0 saturated carbocycles. The zero-order valence-corrected chi connectivity index (χ0v) is 52.7. The minimum Gasteiger partial charge on any atom is -0.445 e. The number of H-pyrrole nitrogens is 1. The summed E-state index contributed by atoms with van der Waals surface area (Å²) < 4.78 is 67.5. The summed E-state index contributed by atoms with van der Waals surface area (Å²) in [6.07, 6.45) is -5.20. The van der Waals surface area contributed by atoms with Crippen LogP contribution < -0.4 is 55.3 Å². The number of allylic oxidation sites excluding steroid dienone is 1. The molecule has 3 aromatic rings. The number of ether oxygens (including phenoxy) is 12. The number of aliphatic hydroxyl groups excluding tert-OH is 2. The van der Waals surface area contributed by atoms with Gasteiger partial charge < -0.3 is 105 Å². The number of amides is 6. The molecule has 2 aromatic heterocycles. The van der Waals surface area contributed by atoms with Crippen molar-refractivity contribution < 1.29 is 95.8 Å². The lowest BCUT2D eigenvalue weighted by atomic mass is 10.0. The number of aliphatic hydroxyl groups is 2. The van der Waals surface area contributed by atoms with Crippen molar-refractivity contribution in [2.45, 2.75) is 95.9 Å². The van der Waals surface area contributed by atoms with Gasteiger partial charge in [-0.05, 0) is 56.3 Å². The molecule has 1 fully saturated rings. The fourth-order valence-corrected chi connectivity index (χ4v) is 8.78. The number of hydrogen-bond donors (Lipinski definition) is 11. The van der Waals surface area contributed by atoms with Gasteiger partial charge in [-0.25, -0.2) is 24.8 Å². The number of nitrogens with one attached hydrogen (secondary N) is 6. The Morgan fingerprint density at radius 1 is 0.772 bits per heavy atom. The van der Waals surface area contributed by atoms with Crippen molar-refractivity contribution in [2.24, 2.45) is 17.5 Å². The largest absolute Gasteiger partial charge is 0.445 e. The topological polar surface area (TPSA) is 468 Å². The minimum atomic E-state index is -1.63. The first-order chi connectivity index (χ1) is 44.3. The van der Waals surface area contributed by atoms with E-state index in [9.17, 15) is 48.6 Å². The van der Waals surface area contributed by atoms with Crippen LogP contribution in [0.1, 0.15) is 51.8 Å². The third-order valence-corrected chi connectivity index (χ3v) is 13.4. The third-order valence-electron chi connectivity index (χ3n) is 13.4. The summed E-state index contributed by atoms with van der Waals surface area (Å²) in [6, 6.07) is 3.71. The molecule has 0 bridgehead atoms. The van der Waals surface area contributed by atoms with Crippen LogP contribution in [0, 0.1) is 5.92 Å². The molecule has 92 heavy (non-hydrogen) atoms. The van der Waals surface area contributed by atoms with Gasteiger partial charge in [0.2, 0.25) is 23.7 Å². The van der Waals surface area contributed by atoms with E-state index in [0.29, 0.717) is 117 Å². The smallest absolute Gasteiger partial charge is 0.410 e. The molecule has 6 amide bonds. The van der Waals surface area contributed by atoms with Gasteiger partial charge in [0.15, 0.2) is 23.5 Å². The predicted molar refractivity (Wildman–Crippen MR) is 328 cm³/mol. The Bertz CT molecular complexity index is 2820. The second-order valence-electron chi connectivity index (χ2n) is 21.0. The lowest BCUT2D eigenvalue weighted by Crippen LogP contribution is -2.55. The summed E-state index contributed by atoms with van der Waals surface area (Å²) in [4.78, 5) is 111. The van der Waals surface area contributed by atoms with Crippen LogP contribution >= 0.6 is 0 Å². The van der Waals surface area contributed by atoms with Crippen molar-refractivity contribution in [3.8, 4) is 0 Å². The maximum atomic E-state index is 13.7. The van der Waals surface area contributed by atoms with E-state index in [-0.39, 0.29) is 82.2 Å². The zero-order valence-electron chi connectivity index (χ0n) is 52.7. The number of rotatable bonds is 48. The Morgan fingerprint density at radius 3 is 1.80 bits per heavy atom. The molecule has 14 N–H and O–H groups in total. The lowest BCUT2D eigenvalue weighted by Gasteiger charge is -2.26. The number of benzene rings is 1. The summed E-state index contributed by atoms with van der Waals surface area (Å²) in [7, 11) is 1.35. The summed E-state index contributed by atoms with van der Waals surface area (Å²) in [5.74, 6) is 2.25. The number of hydrazine groups is 1. The fraction of sp³-hybridized carbons (Fsp3) is 0.667. The van der Waals surface area contributed by atoms with Gasteiger partial charge in [0.05, 0.1) is 112 Å². The number of likely N-dealkylation sites (N-methyl/N-ethyl adjacent to an activating group) is 1. The zero-order chi connectivity index (χ0) is 67.2. The Hall–Kier alpha value is -7.23. The van der Waals surface area contributed by atoms with Crippen molar-refractivity contribution in [1.82, 2.24) is 45.4 Å². The average Bonchev–Trinajstić information content (AvgIpc) is 1.59. The number of carbonyl (C=O) groups excluding carboxylic acids is 6. The van der Waals surface area contributed by atoms with Gasteiger partial charge in [-0.2, -0.15) is 4.98 Å². The molecule has 35 heteroatoms. The molecule has 1 saturated heterocycles. The number of hydrogen-bond acceptors (Lipinski definition) is 26. The van der Waals surface area contributed by atoms with Gasteiger partial charge in [-0.1, -0.05) is 32.1 Å². The highest BCUT2D eigenvalue weighted by Crippen LogP contribution is 2.33. The number of nitrogens with two attached hydrogens (primary N) is 3. The molecular weight excluding hydrogens is 1220 g/mol. The number of carbonyl (C=O) groups is 6. The Morgan fingerprint density at radius 2 is 1.30 bits per heavy atom. The first kappa shape index (κ1) is 77.2. The quantitative estimate of drug-likeness (QED) is 0.00914. The van der Waals surface area contributed by atoms with E-state index in [1.807, 2.05) is 5.43 Å². The van der Waals surface area contributed by atoms with Crippen molar-refractivity contribution in [2.75, 3.05) is 157 Å². The molecular formula is C57H93N13O22. The minimum absolute atomic E-state index is 0.110. The first-order valence-electron chi connectivity index (χ1n) is 30.1. The highest BCUT2D eigenvalue weighted by molar-refractivity contribution is 5.98. The highest BCUT2D eigenvalue weighted by Gasteiger charge is 2.49. The van der Waals surface area contributed by atoms with Crippen LogP contribution in [0.2, 0.25) is 0 Å². The number of imidazole rings is 1. The Kier molecular flexibility index (Phi) is 36.6. The van der Waals surface area contributed by atoms with Crippen LogP contribution in [-0.4, -0.2) is 252 Å². The van der Waals surface area contributed by atoms with Gasteiger partial charge in [0.25, 0.3) is 11.5 Å². The number of nitrogens with zero attached hydrogens (tertiary/aromatic N) is 4. The van der Waals surface area contributed by atoms with Crippen LogP contribution in [0.15, 0.2) is 46.5 Å². The first-order valence-corrected chi connectivity index (χ1v) is 30.1. The lowest BCUT2D eigenvalue weighted by molar-refractivity contribution is -0.134. The fourth-order valence-electron chi connectivity index (χ4n) is 8.78. The SMILES string of the molecule is C=CCn1c(=O)n([C@@H]2O[C@H](CO)[C@@H](O)[C@H]2OC(=O)N(C)CC(C)NC(=O)OCc2ccc(NC(=O)[C@H](CCCCN)NC(=O)[C@@H](NC(=O)COCCOCCOCCOCCOCCOCCOCCOCCOCC(=O)NN)C(C)C)cc2)c2nc(N)[nH]c(=O)c21. The van der Waals surface area contributed by atoms with Crippen molar-refractivity contribution in [3.63, 3.8) is 0 Å². The second-order valence-corrected chi connectivity index (χ2v) is 21.0. The van der Waals surface area contributed by atoms with Crippen LogP contribution in [0.25, 0.3) is 11.2 Å². The maximum absolute atomic E-state index is 13.7. The molecule has 3 heterocycles. The molecule has 7 atom stereocenters. The van der Waals surface area contributed by atoms with E-state index in [0.717, 1.165) is 14.0 Å². The molecule has 0 radical (unpaired) electrons. The van der Waals surface area contributed by atoms with Gasteiger partial charge in [-0.15, -0.1) is 6.58 Å². The number of aromatic amines is 1. The van der Waals surface area contributed by atoms with E-state index < -0.39 is 96.3 Å². The number of nitrogen functional groups attached to an aromatic ring is 1. The summed E-state index contributed by atoms with van der Waals surface area (Å²) >= 11 is 0. The molecule has 1 aromatic carbocycles. The molecule has 1 aliphatic rings. The summed E-state index contributed by atoms with van der Waals surface area (Å²) in [6.45, 7) is 13.0. The van der Waals surface area contributed by atoms with E-state index in [1.54, 1.807) is 45.0 Å². The van der Waals surface area contributed by atoms with Crippen LogP contribution in [-0.2, 0) is 89.2 Å². The number of fused-ring (bicyclic) bond motifs is 1. The normalized spacial score (nSPS) is 16.4. The van der Waals surface area contributed by atoms with Crippen molar-refractivity contribution in [1.29, 1.82) is 0 Å². The van der Waals surface area contributed by atoms with Gasteiger partial charge >= 0.3 is 17.9 Å². The molecule has 518 valence electrons. The predicted octanol–water partition coefficient (Wildman–Crippen LogP) is -2.51. The van der Waals surface area contributed by atoms with Crippen molar-refractivity contribution in [3.05, 3.63) is 63.3 Å². The average molecular weight is 1310 g/mol. The monoisotopic (exact) mass is 1310 g/mol. The maximum Gasteiger partial charge on any atom is 0.410 e. The number of alkyl carbamates (subject to hydrolysis) is 1. The summed E-state index contributed by atoms with van der Waals surface area (Å²) in [5.41, 5.74) is 12.4. The molecule has 35 nitrogen and oxygen atoms in total. The van der Waals surface area contributed by atoms with Crippen molar-refractivity contribution >= 4 is 58.6 Å². The van der Waals surface area contributed by atoms with Crippen LogP contribution in [0.5, 0.6) is 0 Å². The van der Waals surface area contributed by atoms with Gasteiger partial charge in [0.1, 0.15) is 44.1 Å². The van der Waals surface area contributed by atoms with E-state index in [2.05, 4.69) is 37.8 Å². The molecule has 1 unspecified atom stereocenters. The van der Waals surface area contributed by atoms with E-state index in [4.69, 9.17) is 74.2 Å². The third kappa shape index (κ3) is 27.5. The molecule has 4 rings (SSSR count). The van der Waals surface area contributed by atoms with Gasteiger partial charge in [0, 0.05) is 31.9 Å². The number of unbranched alkanes of at least 4 members (excludes halogenated alkanes) is 1. The highest BCUT2D eigenvalue weighted by atomic mass is 16.6. The van der Waals surface area contributed by atoms with Crippen LogP contribution in [0.4, 0.5) is 21.2 Å². The van der Waals surface area contributed by atoms with E-state index >= 15 is 0 Å². The molecule has 1 aliphatic heterocycles. The summed E-state index contributed by atoms with van der Waals surface area (Å²) in [5, 5.41) is 31.9. The standard InChI is InChI=1S/C57H93N13O22/c1-6-15-69-46-49(65-54(59)66-52(46)77)70(56(69)79)53-48(47(74)42(33-71)91-53)92-57(80)68(5)32-38(4)61-55(78)90-34-39-10-12-40(13-11-39)62-50(75)41(9-7-8-14-58)63-51(76)45(37(2)3)64-43(72)35-88-30-28-86-26-24-84-22-20-82-18-16-81-17-19-83-21-23-85-25-27-87-29-31-89-36-44(73)67-60/h6,10-13,37-38,41-42,45,47-48,53,71,74H,1,7-9,14-36,58,60H2,2-5H3,(H,61,78)(H,62,75)(H,63,76)(H,64,72)(H,67,73)(H3,59,65,66,77)/t38?,41-,42+,45-,47+,48+,53+/m0/s1. The second kappa shape index (κ2) is 43.6. The Labute approximate surface area is 531 Å². The molecule has 0 spiro atoms. The Balaban J connectivity index is 1.08. The van der Waals surface area contributed by atoms with Gasteiger partial charge in [-0.3, -0.25) is 38.9 Å². The number of anilines is 2.